The molecule has 3 nitrogen and oxygen atoms in total. The molecule has 0 atom stereocenters. The van der Waals surface area contributed by atoms with Crippen LogP contribution in [0.1, 0.15) is 11.1 Å². The highest BCUT2D eigenvalue weighted by Gasteiger charge is 2.01. The molecule has 0 aliphatic carbocycles. The van der Waals surface area contributed by atoms with Crippen molar-refractivity contribution < 1.29 is 4.79 Å². The first-order chi connectivity index (χ1) is 10.6. The maximum absolute atomic E-state index is 11.7. The summed E-state index contributed by atoms with van der Waals surface area (Å²) in [5.41, 5.74) is 3.31. The molecule has 0 saturated carbocycles. The second-order valence-corrected chi connectivity index (χ2v) is 6.47. The molecule has 0 unspecified atom stereocenters. The van der Waals surface area contributed by atoms with E-state index in [-0.39, 0.29) is 6.03 Å². The van der Waals surface area contributed by atoms with Crippen LogP contribution < -0.4 is 10.6 Å². The molecular formula is C17H19ClN2OS. The van der Waals surface area contributed by atoms with Gasteiger partial charge in [-0.25, -0.2) is 4.79 Å². The van der Waals surface area contributed by atoms with Crippen LogP contribution >= 0.6 is 23.4 Å². The maximum Gasteiger partial charge on any atom is 0.319 e. The van der Waals surface area contributed by atoms with Crippen LogP contribution in [0.5, 0.6) is 0 Å². The van der Waals surface area contributed by atoms with Crippen LogP contribution in [0.2, 0.25) is 5.02 Å². The number of hydrogen-bond donors (Lipinski definition) is 2. The normalized spacial score (nSPS) is 10.3. The standard InChI is InChI=1S/C17H19ClN2OS/c1-13-2-4-14(5-3-13)12-22-11-10-19-17(21)20-16-8-6-15(18)7-9-16/h2-9H,10-12H2,1H3,(H2,19,20,21). The van der Waals surface area contributed by atoms with E-state index in [1.165, 1.54) is 11.1 Å². The number of carbonyl (C=O) groups excluding carboxylic acids is 1. The molecule has 5 heteroatoms. The van der Waals surface area contributed by atoms with Gasteiger partial charge in [0, 0.05) is 28.8 Å². The Morgan fingerprint density at radius 1 is 1.09 bits per heavy atom. The van der Waals surface area contributed by atoms with Crippen LogP contribution in [0.4, 0.5) is 10.5 Å². The van der Waals surface area contributed by atoms with E-state index in [1.54, 1.807) is 36.0 Å². The number of thioether (sulfide) groups is 1. The van der Waals surface area contributed by atoms with Crippen molar-refractivity contribution in [2.75, 3.05) is 17.6 Å². The summed E-state index contributed by atoms with van der Waals surface area (Å²) < 4.78 is 0. The number of rotatable bonds is 6. The van der Waals surface area contributed by atoms with Gasteiger partial charge in [0.15, 0.2) is 0 Å². The Balaban J connectivity index is 1.61. The largest absolute Gasteiger partial charge is 0.337 e. The topological polar surface area (TPSA) is 41.1 Å². The Hall–Kier alpha value is -1.65. The van der Waals surface area contributed by atoms with Crippen molar-refractivity contribution in [3.05, 3.63) is 64.7 Å². The molecule has 2 rings (SSSR count). The van der Waals surface area contributed by atoms with Crippen LogP contribution in [0.3, 0.4) is 0 Å². The fraction of sp³-hybridized carbons (Fsp3) is 0.235. The number of amides is 2. The second-order valence-electron chi connectivity index (χ2n) is 4.93. The molecule has 0 bridgehead atoms. The van der Waals surface area contributed by atoms with E-state index < -0.39 is 0 Å². The smallest absolute Gasteiger partial charge is 0.319 e. The summed E-state index contributed by atoms with van der Waals surface area (Å²) in [5.74, 6) is 1.84. The minimum Gasteiger partial charge on any atom is -0.337 e. The molecular weight excluding hydrogens is 316 g/mol. The molecule has 0 fully saturated rings. The van der Waals surface area contributed by atoms with E-state index in [0.29, 0.717) is 11.6 Å². The average molecular weight is 335 g/mol. The zero-order valence-electron chi connectivity index (χ0n) is 12.4. The summed E-state index contributed by atoms with van der Waals surface area (Å²) in [6.45, 7) is 2.72. The van der Waals surface area contributed by atoms with Crippen molar-refractivity contribution >= 4 is 35.1 Å². The number of nitrogens with one attached hydrogen (secondary N) is 2. The molecule has 2 aromatic rings. The van der Waals surface area contributed by atoms with Crippen LogP contribution in [0.15, 0.2) is 48.5 Å². The monoisotopic (exact) mass is 334 g/mol. The van der Waals surface area contributed by atoms with Gasteiger partial charge in [-0.3, -0.25) is 0 Å². The minimum absolute atomic E-state index is 0.196. The van der Waals surface area contributed by atoms with E-state index >= 15 is 0 Å². The summed E-state index contributed by atoms with van der Waals surface area (Å²) in [7, 11) is 0. The quantitative estimate of drug-likeness (QED) is 0.751. The van der Waals surface area contributed by atoms with Gasteiger partial charge in [-0.2, -0.15) is 11.8 Å². The second kappa shape index (κ2) is 8.71. The number of anilines is 1. The van der Waals surface area contributed by atoms with Gasteiger partial charge in [-0.15, -0.1) is 0 Å². The predicted octanol–water partition coefficient (Wildman–Crippen LogP) is 4.70. The van der Waals surface area contributed by atoms with Crippen LogP contribution in [0.25, 0.3) is 0 Å². The Labute approximate surface area is 140 Å². The molecule has 0 aromatic heterocycles. The maximum atomic E-state index is 11.7. The molecule has 0 spiro atoms. The lowest BCUT2D eigenvalue weighted by Crippen LogP contribution is -2.30. The Morgan fingerprint density at radius 2 is 1.77 bits per heavy atom. The Morgan fingerprint density at radius 3 is 2.45 bits per heavy atom. The Kier molecular flexibility index (Phi) is 6.62. The Bertz CT molecular complexity index is 599. The molecule has 0 saturated heterocycles. The third-order valence-corrected chi connectivity index (χ3v) is 4.31. The first-order valence-corrected chi connectivity index (χ1v) is 8.60. The lowest BCUT2D eigenvalue weighted by molar-refractivity contribution is 0.252. The SMILES string of the molecule is Cc1ccc(CSCCNC(=O)Nc2ccc(Cl)cc2)cc1. The third-order valence-electron chi connectivity index (χ3n) is 3.02. The highest BCUT2D eigenvalue weighted by molar-refractivity contribution is 7.98. The third kappa shape index (κ3) is 6.00. The van der Waals surface area contributed by atoms with Crippen molar-refractivity contribution in [1.82, 2.24) is 5.32 Å². The van der Waals surface area contributed by atoms with E-state index in [1.807, 2.05) is 0 Å². The van der Waals surface area contributed by atoms with Gasteiger partial charge in [-0.1, -0.05) is 41.4 Å². The lowest BCUT2D eigenvalue weighted by atomic mass is 10.2. The van der Waals surface area contributed by atoms with Crippen LogP contribution in [-0.2, 0) is 5.75 Å². The zero-order chi connectivity index (χ0) is 15.8. The van der Waals surface area contributed by atoms with Crippen LogP contribution in [-0.4, -0.2) is 18.3 Å². The van der Waals surface area contributed by atoms with Gasteiger partial charge in [0.2, 0.25) is 0 Å². The molecule has 22 heavy (non-hydrogen) atoms. The van der Waals surface area contributed by atoms with Gasteiger partial charge in [0.05, 0.1) is 0 Å². The summed E-state index contributed by atoms with van der Waals surface area (Å²) in [6.07, 6.45) is 0. The van der Waals surface area contributed by atoms with E-state index in [4.69, 9.17) is 11.6 Å². The summed E-state index contributed by atoms with van der Waals surface area (Å²) in [4.78, 5) is 11.7. The molecule has 0 aliphatic rings. The number of carbonyl (C=O) groups is 1. The lowest BCUT2D eigenvalue weighted by Gasteiger charge is -2.07. The highest BCUT2D eigenvalue weighted by atomic mass is 35.5. The molecule has 0 radical (unpaired) electrons. The molecule has 2 amide bonds. The average Bonchev–Trinajstić information content (AvgIpc) is 2.51. The van der Waals surface area contributed by atoms with E-state index in [0.717, 1.165) is 17.2 Å². The first-order valence-electron chi connectivity index (χ1n) is 7.07. The van der Waals surface area contributed by atoms with Gasteiger partial charge < -0.3 is 10.6 Å². The van der Waals surface area contributed by atoms with Crippen molar-refractivity contribution in [3.8, 4) is 0 Å². The van der Waals surface area contributed by atoms with Gasteiger partial charge in [-0.05, 0) is 36.8 Å². The molecule has 0 aliphatic heterocycles. The molecule has 0 heterocycles. The fourth-order valence-electron chi connectivity index (χ4n) is 1.82. The zero-order valence-corrected chi connectivity index (χ0v) is 14.0. The summed E-state index contributed by atoms with van der Waals surface area (Å²) in [5, 5.41) is 6.25. The fourth-order valence-corrected chi connectivity index (χ4v) is 2.76. The van der Waals surface area contributed by atoms with Gasteiger partial charge in [0.1, 0.15) is 0 Å². The first kappa shape index (κ1) is 16.7. The van der Waals surface area contributed by atoms with Crippen molar-refractivity contribution in [3.63, 3.8) is 0 Å². The van der Waals surface area contributed by atoms with Crippen molar-refractivity contribution in [2.45, 2.75) is 12.7 Å². The highest BCUT2D eigenvalue weighted by Crippen LogP contribution is 2.14. The molecule has 116 valence electrons. The van der Waals surface area contributed by atoms with Gasteiger partial charge in [0.25, 0.3) is 0 Å². The van der Waals surface area contributed by atoms with Crippen LogP contribution in [0, 0.1) is 6.92 Å². The molecule has 2 aromatic carbocycles. The minimum atomic E-state index is -0.196. The number of benzene rings is 2. The van der Waals surface area contributed by atoms with Gasteiger partial charge >= 0.3 is 6.03 Å². The van der Waals surface area contributed by atoms with Crippen molar-refractivity contribution in [1.29, 1.82) is 0 Å². The number of aryl methyl sites for hydroxylation is 1. The number of urea groups is 1. The van der Waals surface area contributed by atoms with Crippen molar-refractivity contribution in [2.24, 2.45) is 0 Å². The number of halogens is 1. The predicted molar refractivity (Wildman–Crippen MR) is 95.8 cm³/mol. The van der Waals surface area contributed by atoms with E-state index in [9.17, 15) is 4.79 Å². The molecule has 2 N–H and O–H groups in total. The number of hydrogen-bond acceptors (Lipinski definition) is 2. The summed E-state index contributed by atoms with van der Waals surface area (Å²) in [6, 6.07) is 15.4. The van der Waals surface area contributed by atoms with E-state index in [2.05, 4.69) is 41.8 Å². The summed E-state index contributed by atoms with van der Waals surface area (Å²) >= 11 is 7.60.